The zero-order chi connectivity index (χ0) is 14.0. The molecule has 0 saturated heterocycles. The quantitative estimate of drug-likeness (QED) is 0.703. The Morgan fingerprint density at radius 1 is 1.25 bits per heavy atom. The smallest absolute Gasteiger partial charge is 0.147 e. The van der Waals surface area contributed by atoms with Gasteiger partial charge in [-0.15, -0.1) is 13.2 Å². The van der Waals surface area contributed by atoms with Gasteiger partial charge in [-0.25, -0.2) is 0 Å². The molecule has 0 bridgehead atoms. The molecule has 0 aromatic rings. The molecular formula is C19H22O. The van der Waals surface area contributed by atoms with Gasteiger partial charge in [0, 0.05) is 10.8 Å². The molecule has 4 rings (SSSR count). The van der Waals surface area contributed by atoms with Gasteiger partial charge in [0.25, 0.3) is 0 Å². The molecule has 0 aliphatic heterocycles. The van der Waals surface area contributed by atoms with Gasteiger partial charge in [0.2, 0.25) is 0 Å². The van der Waals surface area contributed by atoms with E-state index in [2.05, 4.69) is 43.5 Å². The van der Waals surface area contributed by atoms with Crippen molar-refractivity contribution in [2.24, 2.45) is 34.5 Å². The molecule has 0 amide bonds. The van der Waals surface area contributed by atoms with Gasteiger partial charge in [0.15, 0.2) is 0 Å². The first-order chi connectivity index (χ1) is 9.70. The minimum absolute atomic E-state index is 0.114. The molecule has 4 aliphatic carbocycles. The Hall–Kier alpha value is -1.37. The van der Waals surface area contributed by atoms with Crippen LogP contribution in [0.3, 0.4) is 0 Å². The Morgan fingerprint density at radius 2 is 2.05 bits per heavy atom. The lowest BCUT2D eigenvalue weighted by atomic mass is 9.70. The number of carbonyl (C=O) groups is 1. The van der Waals surface area contributed by atoms with E-state index >= 15 is 0 Å². The molecule has 0 radical (unpaired) electrons. The standard InChI is InChI=1S/C19H22O/c1-3-9-18-10-6-8-15(18)16-13(4-2)12-14-7-5-11-19(14,16)17(18)20/h3-8,13-16H,1-2,9-12H2/t13-,14+,15-,16-,18-,19-/m1/s1. The number of ketones is 1. The summed E-state index contributed by atoms with van der Waals surface area (Å²) >= 11 is 0. The van der Waals surface area contributed by atoms with Crippen molar-refractivity contribution in [2.45, 2.75) is 25.7 Å². The van der Waals surface area contributed by atoms with Gasteiger partial charge in [-0.1, -0.05) is 36.5 Å². The molecule has 1 heteroatoms. The molecule has 0 unspecified atom stereocenters. The maximum Gasteiger partial charge on any atom is 0.147 e. The molecule has 6 atom stereocenters. The second-order valence-electron chi connectivity index (χ2n) is 7.08. The minimum Gasteiger partial charge on any atom is -0.298 e. The first kappa shape index (κ1) is 12.4. The van der Waals surface area contributed by atoms with Crippen molar-refractivity contribution < 1.29 is 4.79 Å². The summed E-state index contributed by atoms with van der Waals surface area (Å²) in [5.74, 6) is 2.34. The summed E-state index contributed by atoms with van der Waals surface area (Å²) in [7, 11) is 0. The fourth-order valence-corrected chi connectivity index (χ4v) is 5.97. The van der Waals surface area contributed by atoms with Crippen LogP contribution >= 0.6 is 0 Å². The van der Waals surface area contributed by atoms with Crippen molar-refractivity contribution in [3.8, 4) is 0 Å². The second kappa shape index (κ2) is 3.84. The van der Waals surface area contributed by atoms with Crippen molar-refractivity contribution in [3.63, 3.8) is 0 Å². The third kappa shape index (κ3) is 1.11. The molecule has 1 nitrogen and oxygen atoms in total. The third-order valence-corrected chi connectivity index (χ3v) is 6.60. The summed E-state index contributed by atoms with van der Waals surface area (Å²) in [4.78, 5) is 13.5. The minimum atomic E-state index is -0.182. The molecule has 4 aliphatic rings. The van der Waals surface area contributed by atoms with E-state index in [1.54, 1.807) is 0 Å². The van der Waals surface area contributed by atoms with Crippen LogP contribution in [0.4, 0.5) is 0 Å². The molecular weight excluding hydrogens is 244 g/mol. The Balaban J connectivity index is 1.89. The van der Waals surface area contributed by atoms with Crippen LogP contribution in [0.15, 0.2) is 49.6 Å². The maximum atomic E-state index is 13.5. The van der Waals surface area contributed by atoms with Crippen molar-refractivity contribution in [3.05, 3.63) is 49.6 Å². The SMILES string of the molecule is C=CC[C@@]12CC=C[C@@H]1[C@H]1[C@H](C=C)C[C@@H]3C=CC[C@]13C2=O. The van der Waals surface area contributed by atoms with Crippen LogP contribution in [-0.2, 0) is 4.79 Å². The topological polar surface area (TPSA) is 17.1 Å². The maximum absolute atomic E-state index is 13.5. The van der Waals surface area contributed by atoms with Crippen LogP contribution in [0.1, 0.15) is 25.7 Å². The van der Waals surface area contributed by atoms with E-state index in [1.165, 1.54) is 0 Å². The highest BCUT2D eigenvalue weighted by molar-refractivity contribution is 5.96. The molecule has 2 fully saturated rings. The molecule has 20 heavy (non-hydrogen) atoms. The van der Waals surface area contributed by atoms with E-state index in [0.717, 1.165) is 25.7 Å². The van der Waals surface area contributed by atoms with Crippen LogP contribution in [0.2, 0.25) is 0 Å². The number of rotatable bonds is 3. The number of hydrogen-bond donors (Lipinski definition) is 0. The van der Waals surface area contributed by atoms with E-state index in [9.17, 15) is 4.79 Å². The van der Waals surface area contributed by atoms with Crippen LogP contribution in [0.25, 0.3) is 0 Å². The average Bonchev–Trinajstić information content (AvgIpc) is 3.12. The number of fused-ring (bicyclic) bond motifs is 2. The molecule has 0 N–H and O–H groups in total. The summed E-state index contributed by atoms with van der Waals surface area (Å²) in [5.41, 5.74) is -0.296. The summed E-state index contributed by atoms with van der Waals surface area (Å²) in [5, 5.41) is 0. The zero-order valence-electron chi connectivity index (χ0n) is 11.9. The fourth-order valence-electron chi connectivity index (χ4n) is 5.97. The predicted octanol–water partition coefficient (Wildman–Crippen LogP) is 4.09. The van der Waals surface area contributed by atoms with E-state index in [-0.39, 0.29) is 10.8 Å². The normalized spacial score (nSPS) is 51.1. The van der Waals surface area contributed by atoms with Gasteiger partial charge >= 0.3 is 0 Å². The summed E-state index contributed by atoms with van der Waals surface area (Å²) < 4.78 is 0. The fraction of sp³-hybridized carbons (Fsp3) is 0.526. The van der Waals surface area contributed by atoms with Crippen molar-refractivity contribution >= 4 is 5.78 Å². The first-order valence-electron chi connectivity index (χ1n) is 7.82. The molecule has 1 spiro atoms. The second-order valence-corrected chi connectivity index (χ2v) is 7.08. The van der Waals surface area contributed by atoms with E-state index in [0.29, 0.717) is 29.5 Å². The van der Waals surface area contributed by atoms with Crippen molar-refractivity contribution in [1.82, 2.24) is 0 Å². The third-order valence-electron chi connectivity index (χ3n) is 6.60. The van der Waals surface area contributed by atoms with Gasteiger partial charge in [0.05, 0.1) is 0 Å². The highest BCUT2D eigenvalue weighted by Crippen LogP contribution is 2.72. The Bertz CT molecular complexity index is 554. The van der Waals surface area contributed by atoms with Crippen LogP contribution in [-0.4, -0.2) is 5.78 Å². The lowest BCUT2D eigenvalue weighted by Gasteiger charge is -2.31. The lowest BCUT2D eigenvalue weighted by molar-refractivity contribution is -0.135. The molecule has 0 aromatic heterocycles. The van der Waals surface area contributed by atoms with E-state index < -0.39 is 0 Å². The lowest BCUT2D eigenvalue weighted by Crippen LogP contribution is -2.37. The molecule has 2 saturated carbocycles. The van der Waals surface area contributed by atoms with Crippen molar-refractivity contribution in [2.75, 3.05) is 0 Å². The number of Topliss-reactive ketones (excluding diaryl/α,β-unsaturated/α-hetero) is 1. The largest absolute Gasteiger partial charge is 0.298 e. The highest BCUT2D eigenvalue weighted by Gasteiger charge is 2.72. The van der Waals surface area contributed by atoms with Gasteiger partial charge in [-0.2, -0.15) is 0 Å². The Morgan fingerprint density at radius 3 is 2.80 bits per heavy atom. The monoisotopic (exact) mass is 266 g/mol. The highest BCUT2D eigenvalue weighted by atomic mass is 16.1. The van der Waals surface area contributed by atoms with Crippen LogP contribution < -0.4 is 0 Å². The van der Waals surface area contributed by atoms with E-state index in [4.69, 9.17) is 0 Å². The van der Waals surface area contributed by atoms with Crippen molar-refractivity contribution in [1.29, 1.82) is 0 Å². The number of carbonyl (C=O) groups excluding carboxylic acids is 1. The molecule has 0 aromatic carbocycles. The summed E-state index contributed by atoms with van der Waals surface area (Å²) in [6, 6.07) is 0. The van der Waals surface area contributed by atoms with Gasteiger partial charge in [0.1, 0.15) is 5.78 Å². The summed E-state index contributed by atoms with van der Waals surface area (Å²) in [6.45, 7) is 7.97. The summed E-state index contributed by atoms with van der Waals surface area (Å²) in [6.07, 6.45) is 17.0. The van der Waals surface area contributed by atoms with Gasteiger partial charge in [-0.05, 0) is 49.4 Å². The first-order valence-corrected chi connectivity index (χ1v) is 7.82. The van der Waals surface area contributed by atoms with Gasteiger partial charge < -0.3 is 0 Å². The van der Waals surface area contributed by atoms with Crippen LogP contribution in [0, 0.1) is 34.5 Å². The van der Waals surface area contributed by atoms with E-state index in [1.807, 2.05) is 6.08 Å². The predicted molar refractivity (Wildman–Crippen MR) is 81.0 cm³/mol. The molecule has 104 valence electrons. The molecule has 0 heterocycles. The number of allylic oxidation sites excluding steroid dienone is 6. The van der Waals surface area contributed by atoms with Crippen LogP contribution in [0.5, 0.6) is 0 Å². The number of hydrogen-bond acceptors (Lipinski definition) is 1. The Labute approximate surface area is 121 Å². The average molecular weight is 266 g/mol. The zero-order valence-corrected chi connectivity index (χ0v) is 11.9. The Kier molecular flexibility index (Phi) is 2.38. The van der Waals surface area contributed by atoms with Gasteiger partial charge in [-0.3, -0.25) is 4.79 Å².